The molecule has 0 aliphatic rings. The molecule has 1 N–H and O–H groups in total. The van der Waals surface area contributed by atoms with Crippen LogP contribution in [0.25, 0.3) is 0 Å². The summed E-state index contributed by atoms with van der Waals surface area (Å²) in [5.41, 5.74) is 0.717. The normalized spacial score (nSPS) is 11.6. The maximum atomic E-state index is 11.7. The van der Waals surface area contributed by atoms with Gasteiger partial charge < -0.3 is 5.32 Å². The van der Waals surface area contributed by atoms with Crippen molar-refractivity contribution >= 4 is 17.5 Å². The molecule has 0 heterocycles. The number of halogens is 1. The highest BCUT2D eigenvalue weighted by molar-refractivity contribution is 6.27. The largest absolute Gasteiger partial charge is 0.350 e. The van der Waals surface area contributed by atoms with Crippen molar-refractivity contribution in [3.05, 3.63) is 71.8 Å². The SMILES string of the molecule is CC(C)(CCC(C#N)(c1ccccc1)c1ccccc1)NC(=O)CCl. The topological polar surface area (TPSA) is 52.9 Å². The lowest BCUT2D eigenvalue weighted by Gasteiger charge is -2.33. The number of rotatable bonds is 7. The van der Waals surface area contributed by atoms with Gasteiger partial charge in [-0.05, 0) is 37.8 Å². The van der Waals surface area contributed by atoms with Gasteiger partial charge in [0.2, 0.25) is 5.91 Å². The van der Waals surface area contributed by atoms with Crippen molar-refractivity contribution in [2.24, 2.45) is 0 Å². The third kappa shape index (κ3) is 4.61. The molecular weight excluding hydrogens is 332 g/mol. The predicted molar refractivity (Wildman–Crippen MR) is 101 cm³/mol. The van der Waals surface area contributed by atoms with E-state index in [9.17, 15) is 10.1 Å². The van der Waals surface area contributed by atoms with Crippen molar-refractivity contribution in [2.75, 3.05) is 5.88 Å². The number of hydrogen-bond donors (Lipinski definition) is 1. The van der Waals surface area contributed by atoms with Crippen LogP contribution in [0.5, 0.6) is 0 Å². The summed E-state index contributed by atoms with van der Waals surface area (Å²) in [4.78, 5) is 11.7. The lowest BCUT2D eigenvalue weighted by atomic mass is 9.71. The van der Waals surface area contributed by atoms with Gasteiger partial charge in [0.05, 0.1) is 6.07 Å². The smallest absolute Gasteiger partial charge is 0.235 e. The van der Waals surface area contributed by atoms with Crippen LogP contribution in [0.2, 0.25) is 0 Å². The summed E-state index contributed by atoms with van der Waals surface area (Å²) in [6, 6.07) is 22.2. The zero-order chi connectivity index (χ0) is 18.3. The van der Waals surface area contributed by atoms with E-state index in [1.54, 1.807) is 0 Å². The van der Waals surface area contributed by atoms with Gasteiger partial charge >= 0.3 is 0 Å². The summed E-state index contributed by atoms with van der Waals surface area (Å²) >= 11 is 5.60. The second-order valence-corrected chi connectivity index (χ2v) is 7.08. The second kappa shape index (κ2) is 8.18. The highest BCUT2D eigenvalue weighted by Crippen LogP contribution is 2.37. The Labute approximate surface area is 154 Å². The average Bonchev–Trinajstić information content (AvgIpc) is 2.64. The van der Waals surface area contributed by atoms with E-state index in [2.05, 4.69) is 11.4 Å². The van der Waals surface area contributed by atoms with Crippen LogP contribution < -0.4 is 5.32 Å². The van der Waals surface area contributed by atoms with Crippen molar-refractivity contribution in [3.8, 4) is 6.07 Å². The molecule has 2 aromatic carbocycles. The molecule has 0 aromatic heterocycles. The monoisotopic (exact) mass is 354 g/mol. The standard InChI is InChI=1S/C21H23ClN2O/c1-20(2,24-19(25)15-22)13-14-21(16-23,17-9-5-3-6-10-17)18-11-7-4-8-12-18/h3-12H,13-15H2,1-2H3,(H,24,25). The van der Waals surface area contributed by atoms with Crippen LogP contribution in [-0.2, 0) is 10.2 Å². The highest BCUT2D eigenvalue weighted by atomic mass is 35.5. The lowest BCUT2D eigenvalue weighted by Crippen LogP contribution is -2.45. The third-order valence-electron chi connectivity index (χ3n) is 4.45. The molecule has 0 bridgehead atoms. The second-order valence-electron chi connectivity index (χ2n) is 6.81. The minimum absolute atomic E-state index is 0.0653. The van der Waals surface area contributed by atoms with Crippen molar-refractivity contribution in [1.82, 2.24) is 5.32 Å². The van der Waals surface area contributed by atoms with Crippen LogP contribution in [0.15, 0.2) is 60.7 Å². The minimum atomic E-state index is -0.758. The van der Waals surface area contributed by atoms with Gasteiger partial charge in [-0.2, -0.15) is 5.26 Å². The molecule has 2 rings (SSSR count). The Morgan fingerprint density at radius 3 is 1.88 bits per heavy atom. The molecule has 3 nitrogen and oxygen atoms in total. The van der Waals surface area contributed by atoms with Gasteiger partial charge in [-0.1, -0.05) is 60.7 Å². The number of nitrogens with zero attached hydrogens (tertiary/aromatic N) is 1. The fourth-order valence-electron chi connectivity index (χ4n) is 3.06. The molecule has 2 aromatic rings. The Morgan fingerprint density at radius 2 is 1.48 bits per heavy atom. The van der Waals surface area contributed by atoms with Gasteiger partial charge in [0.15, 0.2) is 0 Å². The van der Waals surface area contributed by atoms with Gasteiger partial charge in [-0.3, -0.25) is 4.79 Å². The molecule has 0 radical (unpaired) electrons. The fraction of sp³-hybridized carbons (Fsp3) is 0.333. The van der Waals surface area contributed by atoms with Crippen LogP contribution in [-0.4, -0.2) is 17.3 Å². The zero-order valence-electron chi connectivity index (χ0n) is 14.6. The molecule has 0 saturated carbocycles. The molecular formula is C21H23ClN2O. The Bertz CT molecular complexity index is 696. The zero-order valence-corrected chi connectivity index (χ0v) is 15.4. The molecule has 0 spiro atoms. The minimum Gasteiger partial charge on any atom is -0.350 e. The van der Waals surface area contributed by atoms with E-state index >= 15 is 0 Å². The summed E-state index contributed by atoms with van der Waals surface area (Å²) in [5, 5.41) is 13.1. The first-order chi connectivity index (χ1) is 11.9. The van der Waals surface area contributed by atoms with Crippen LogP contribution in [0, 0.1) is 11.3 Å². The Balaban J connectivity index is 2.37. The Hall–Kier alpha value is -2.31. The van der Waals surface area contributed by atoms with E-state index in [0.717, 1.165) is 11.1 Å². The fourth-order valence-corrected chi connectivity index (χ4v) is 3.13. The first-order valence-electron chi connectivity index (χ1n) is 8.33. The van der Waals surface area contributed by atoms with Gasteiger partial charge in [-0.15, -0.1) is 11.6 Å². The van der Waals surface area contributed by atoms with Crippen LogP contribution >= 0.6 is 11.6 Å². The van der Waals surface area contributed by atoms with Crippen molar-refractivity contribution in [1.29, 1.82) is 5.26 Å². The number of carbonyl (C=O) groups excluding carboxylic acids is 1. The lowest BCUT2D eigenvalue weighted by molar-refractivity contribution is -0.120. The molecule has 4 heteroatoms. The first-order valence-corrected chi connectivity index (χ1v) is 8.86. The number of alkyl halides is 1. The van der Waals surface area contributed by atoms with Gasteiger partial charge in [0.1, 0.15) is 11.3 Å². The van der Waals surface area contributed by atoms with E-state index in [1.165, 1.54) is 0 Å². The molecule has 0 aliphatic carbocycles. The van der Waals surface area contributed by atoms with E-state index in [4.69, 9.17) is 11.6 Å². The third-order valence-corrected chi connectivity index (χ3v) is 4.69. The van der Waals surface area contributed by atoms with E-state index in [-0.39, 0.29) is 11.8 Å². The first kappa shape index (κ1) is 19.0. The number of benzene rings is 2. The number of nitrogens with one attached hydrogen (secondary N) is 1. The number of carbonyl (C=O) groups is 1. The van der Waals surface area contributed by atoms with Crippen LogP contribution in [0.4, 0.5) is 0 Å². The van der Waals surface area contributed by atoms with Gasteiger partial charge in [0, 0.05) is 5.54 Å². The summed E-state index contributed by atoms with van der Waals surface area (Å²) in [7, 11) is 0. The Kier molecular flexibility index (Phi) is 6.22. The molecule has 0 unspecified atom stereocenters. The summed E-state index contributed by atoms with van der Waals surface area (Å²) in [6.45, 7) is 3.91. The number of amides is 1. The summed E-state index contributed by atoms with van der Waals surface area (Å²) in [5.74, 6) is -0.266. The quantitative estimate of drug-likeness (QED) is 0.749. The molecule has 0 atom stereocenters. The molecule has 0 fully saturated rings. The molecule has 25 heavy (non-hydrogen) atoms. The number of nitriles is 1. The number of hydrogen-bond acceptors (Lipinski definition) is 2. The van der Waals surface area contributed by atoms with E-state index in [0.29, 0.717) is 12.8 Å². The molecule has 1 amide bonds. The van der Waals surface area contributed by atoms with Crippen molar-refractivity contribution in [3.63, 3.8) is 0 Å². The average molecular weight is 355 g/mol. The van der Waals surface area contributed by atoms with Crippen LogP contribution in [0.1, 0.15) is 37.8 Å². The van der Waals surface area contributed by atoms with Crippen LogP contribution in [0.3, 0.4) is 0 Å². The molecule has 0 aliphatic heterocycles. The Morgan fingerprint density at radius 1 is 1.00 bits per heavy atom. The van der Waals surface area contributed by atoms with Gasteiger partial charge in [0.25, 0.3) is 0 Å². The predicted octanol–water partition coefficient (Wildman–Crippen LogP) is 4.41. The van der Waals surface area contributed by atoms with E-state index < -0.39 is 11.0 Å². The maximum absolute atomic E-state index is 11.7. The summed E-state index contributed by atoms with van der Waals surface area (Å²) < 4.78 is 0. The van der Waals surface area contributed by atoms with E-state index in [1.807, 2.05) is 74.5 Å². The maximum Gasteiger partial charge on any atom is 0.235 e. The summed E-state index contributed by atoms with van der Waals surface area (Å²) in [6.07, 6.45) is 1.24. The van der Waals surface area contributed by atoms with Crippen molar-refractivity contribution in [2.45, 2.75) is 37.6 Å². The van der Waals surface area contributed by atoms with Crippen molar-refractivity contribution < 1.29 is 4.79 Å². The highest BCUT2D eigenvalue weighted by Gasteiger charge is 2.36. The molecule has 130 valence electrons. The molecule has 0 saturated heterocycles. The van der Waals surface area contributed by atoms with Gasteiger partial charge in [-0.25, -0.2) is 0 Å².